The third-order valence-electron chi connectivity index (χ3n) is 2.90. The molecule has 0 aromatic carbocycles. The zero-order valence-corrected chi connectivity index (χ0v) is 11.8. The molecule has 3 rings (SSSR count). The van der Waals surface area contributed by atoms with Gasteiger partial charge in [0, 0.05) is 26.4 Å². The number of furan rings is 1. The molecule has 2 aromatic rings. The van der Waals surface area contributed by atoms with Crippen molar-refractivity contribution in [1.82, 2.24) is 20.1 Å². The molecule has 0 saturated heterocycles. The molecule has 0 aliphatic carbocycles. The van der Waals surface area contributed by atoms with E-state index in [0.717, 1.165) is 0 Å². The molecular formula is C12H13N7O3. The van der Waals surface area contributed by atoms with Crippen molar-refractivity contribution < 1.29 is 9.34 Å². The van der Waals surface area contributed by atoms with Crippen molar-refractivity contribution in [2.45, 2.75) is 0 Å². The van der Waals surface area contributed by atoms with Gasteiger partial charge in [0.1, 0.15) is 4.92 Å². The van der Waals surface area contributed by atoms with Crippen LogP contribution in [-0.2, 0) is 0 Å². The molecule has 0 unspecified atom stereocenters. The van der Waals surface area contributed by atoms with Gasteiger partial charge in [0.2, 0.25) is 0 Å². The Morgan fingerprint density at radius 1 is 1.45 bits per heavy atom. The van der Waals surface area contributed by atoms with Crippen LogP contribution >= 0.6 is 0 Å². The van der Waals surface area contributed by atoms with Crippen molar-refractivity contribution in [3.05, 3.63) is 39.9 Å². The number of aromatic nitrogens is 2. The first-order valence-corrected chi connectivity index (χ1v) is 6.30. The molecule has 114 valence electrons. The number of anilines is 1. The van der Waals surface area contributed by atoms with Crippen LogP contribution in [0.2, 0.25) is 0 Å². The van der Waals surface area contributed by atoms with Gasteiger partial charge < -0.3 is 9.32 Å². The first kappa shape index (κ1) is 13.7. The average molecular weight is 303 g/mol. The number of rotatable bonds is 3. The van der Waals surface area contributed by atoms with Gasteiger partial charge in [-0.1, -0.05) is 0 Å². The van der Waals surface area contributed by atoms with Gasteiger partial charge in [0.25, 0.3) is 0 Å². The highest BCUT2D eigenvalue weighted by Crippen LogP contribution is 2.24. The molecule has 10 nitrogen and oxygen atoms in total. The number of hydrogen-bond donors (Lipinski definition) is 3. The lowest BCUT2D eigenvalue weighted by molar-refractivity contribution is -0.401. The fourth-order valence-electron chi connectivity index (χ4n) is 1.99. The molecule has 0 saturated carbocycles. The largest absolute Gasteiger partial charge is 0.433 e. The summed E-state index contributed by atoms with van der Waals surface area (Å²) in [6.07, 6.45) is 1.80. The van der Waals surface area contributed by atoms with E-state index in [0.29, 0.717) is 11.6 Å². The highest BCUT2D eigenvalue weighted by Gasteiger charge is 2.20. The van der Waals surface area contributed by atoms with E-state index >= 15 is 0 Å². The molecule has 0 spiro atoms. The first-order chi connectivity index (χ1) is 10.5. The number of fused-ring (bicyclic) bond motifs is 1. The van der Waals surface area contributed by atoms with Crippen molar-refractivity contribution >= 4 is 17.5 Å². The van der Waals surface area contributed by atoms with Crippen molar-refractivity contribution in [1.29, 1.82) is 5.41 Å². The van der Waals surface area contributed by atoms with Crippen LogP contribution < -0.4 is 16.2 Å². The monoisotopic (exact) mass is 303 g/mol. The van der Waals surface area contributed by atoms with Gasteiger partial charge in [-0.15, -0.1) is 0 Å². The number of nitrogens with one attached hydrogen (secondary N) is 3. The standard InChI is InChI=1S/C12H13N7O3/c1-17(2)6-10-15-14-9-5-7(13)12(16-18(9)10)8-3-4-11(22-8)19(20)21/h3-6,13-15H,1-2H3. The van der Waals surface area contributed by atoms with E-state index in [4.69, 9.17) is 9.83 Å². The normalized spacial score (nSPS) is 14.4. The first-order valence-electron chi connectivity index (χ1n) is 6.30. The number of nitro groups is 1. The molecule has 10 heteroatoms. The quantitative estimate of drug-likeness (QED) is 0.565. The Hall–Kier alpha value is -3.30. The molecular weight excluding hydrogens is 290 g/mol. The lowest BCUT2D eigenvalue weighted by atomic mass is 10.3. The van der Waals surface area contributed by atoms with E-state index in [1.165, 1.54) is 12.1 Å². The maximum atomic E-state index is 10.7. The molecule has 2 aromatic heterocycles. The number of hydrazine groups is 1. The van der Waals surface area contributed by atoms with Crippen LogP contribution in [0.4, 0.5) is 11.7 Å². The van der Waals surface area contributed by atoms with Crippen molar-refractivity contribution in [2.24, 2.45) is 0 Å². The Kier molecular flexibility index (Phi) is 3.05. The summed E-state index contributed by atoms with van der Waals surface area (Å²) >= 11 is 0. The fraction of sp³-hybridized carbons (Fsp3) is 0.167. The van der Waals surface area contributed by atoms with E-state index < -0.39 is 4.92 Å². The Labute approximate surface area is 124 Å². The van der Waals surface area contributed by atoms with Gasteiger partial charge in [0.15, 0.2) is 23.1 Å². The Morgan fingerprint density at radius 2 is 2.23 bits per heavy atom. The van der Waals surface area contributed by atoms with Crippen molar-refractivity contribution in [3.63, 3.8) is 0 Å². The van der Waals surface area contributed by atoms with E-state index in [1.54, 1.807) is 16.9 Å². The summed E-state index contributed by atoms with van der Waals surface area (Å²) in [6.45, 7) is 0. The highest BCUT2D eigenvalue weighted by molar-refractivity contribution is 5.62. The molecule has 0 atom stereocenters. The van der Waals surface area contributed by atoms with E-state index in [-0.39, 0.29) is 22.7 Å². The minimum Gasteiger partial charge on any atom is -0.399 e. The lowest BCUT2D eigenvalue weighted by Gasteiger charge is -2.08. The second kappa shape index (κ2) is 4.91. The predicted molar refractivity (Wildman–Crippen MR) is 77.2 cm³/mol. The minimum atomic E-state index is -0.631. The zero-order valence-electron chi connectivity index (χ0n) is 11.8. The van der Waals surface area contributed by atoms with Gasteiger partial charge in [-0.3, -0.25) is 26.4 Å². The van der Waals surface area contributed by atoms with Crippen LogP contribution in [0.5, 0.6) is 0 Å². The van der Waals surface area contributed by atoms with Crippen molar-refractivity contribution in [2.75, 3.05) is 19.5 Å². The Bertz CT molecular complexity index is 833. The second-order valence-electron chi connectivity index (χ2n) is 4.83. The maximum Gasteiger partial charge on any atom is 0.433 e. The van der Waals surface area contributed by atoms with E-state index in [1.807, 2.05) is 19.0 Å². The van der Waals surface area contributed by atoms with Gasteiger partial charge in [0.05, 0.1) is 11.4 Å². The van der Waals surface area contributed by atoms with Gasteiger partial charge in [-0.2, -0.15) is 9.78 Å². The summed E-state index contributed by atoms with van der Waals surface area (Å²) in [5.74, 6) is 1.02. The Balaban J connectivity index is 2.10. The summed E-state index contributed by atoms with van der Waals surface area (Å²) < 4.78 is 6.68. The maximum absolute atomic E-state index is 10.7. The van der Waals surface area contributed by atoms with Crippen LogP contribution in [0.15, 0.2) is 28.8 Å². The van der Waals surface area contributed by atoms with Crippen LogP contribution in [0.1, 0.15) is 0 Å². The molecule has 1 aliphatic heterocycles. The van der Waals surface area contributed by atoms with Crippen LogP contribution in [0.25, 0.3) is 17.3 Å². The summed E-state index contributed by atoms with van der Waals surface area (Å²) in [7, 11) is 3.73. The third kappa shape index (κ3) is 2.26. The van der Waals surface area contributed by atoms with Gasteiger partial charge >= 0.3 is 5.88 Å². The fourth-order valence-corrected chi connectivity index (χ4v) is 1.99. The summed E-state index contributed by atoms with van der Waals surface area (Å²) in [5, 5.41) is 23.1. The SMILES string of the molecule is CN(C)C=C1NNc2cc(=N)c(-c3ccc([N+](=O)[O-])o3)nn21. The van der Waals surface area contributed by atoms with Gasteiger partial charge in [-0.25, -0.2) is 0 Å². The van der Waals surface area contributed by atoms with Crippen LogP contribution in [-0.4, -0.2) is 33.7 Å². The smallest absolute Gasteiger partial charge is 0.399 e. The molecule has 0 amide bonds. The highest BCUT2D eigenvalue weighted by atomic mass is 16.6. The second-order valence-corrected chi connectivity index (χ2v) is 4.83. The van der Waals surface area contributed by atoms with Crippen LogP contribution in [0, 0.1) is 15.5 Å². The van der Waals surface area contributed by atoms with Crippen molar-refractivity contribution in [3.8, 4) is 11.5 Å². The van der Waals surface area contributed by atoms with E-state index in [9.17, 15) is 10.1 Å². The topological polar surface area (TPSA) is 125 Å². The molecule has 22 heavy (non-hydrogen) atoms. The lowest BCUT2D eigenvalue weighted by Crippen LogP contribution is -2.16. The number of hydrogen-bond acceptors (Lipinski definition) is 8. The van der Waals surface area contributed by atoms with Gasteiger partial charge in [-0.05, 0) is 6.07 Å². The molecule has 3 heterocycles. The predicted octanol–water partition coefficient (Wildman–Crippen LogP) is 0.778. The summed E-state index contributed by atoms with van der Waals surface area (Å²) in [6, 6.07) is 4.22. The minimum absolute atomic E-state index is 0.0934. The number of nitrogens with zero attached hydrogens (tertiary/aromatic N) is 4. The summed E-state index contributed by atoms with van der Waals surface area (Å²) in [5.41, 5.74) is 6.04. The molecule has 1 aliphatic rings. The Morgan fingerprint density at radius 3 is 2.86 bits per heavy atom. The molecule has 3 N–H and O–H groups in total. The van der Waals surface area contributed by atoms with E-state index in [2.05, 4.69) is 16.0 Å². The molecule has 0 fully saturated rings. The average Bonchev–Trinajstić information content (AvgIpc) is 3.05. The van der Waals surface area contributed by atoms with Crippen LogP contribution in [0.3, 0.4) is 0 Å². The molecule has 0 radical (unpaired) electrons. The zero-order chi connectivity index (χ0) is 15.9. The summed E-state index contributed by atoms with van der Waals surface area (Å²) in [4.78, 5) is 11.9. The third-order valence-corrected chi connectivity index (χ3v) is 2.90. The molecule has 0 bridgehead atoms.